The van der Waals surface area contributed by atoms with E-state index in [0.717, 1.165) is 108 Å². The largest absolute Gasteiger partial charge is 0.484 e. The molecule has 3 N–H and O–H groups in total. The van der Waals surface area contributed by atoms with E-state index in [1.165, 1.54) is 6.42 Å². The Morgan fingerprint density at radius 3 is 2.06 bits per heavy atom. The summed E-state index contributed by atoms with van der Waals surface area (Å²) in [6, 6.07) is 5.79. The summed E-state index contributed by atoms with van der Waals surface area (Å²) in [5.41, 5.74) is 1.31. The van der Waals surface area contributed by atoms with Crippen molar-refractivity contribution in [2.45, 2.75) is 143 Å². The highest BCUT2D eigenvalue weighted by Crippen LogP contribution is 2.67. The van der Waals surface area contributed by atoms with Crippen LogP contribution in [0.15, 0.2) is 18.2 Å². The summed E-state index contributed by atoms with van der Waals surface area (Å²) in [7, 11) is 0. The lowest BCUT2D eigenvalue weighted by Gasteiger charge is -2.62. The molecule has 0 aromatic heterocycles. The summed E-state index contributed by atoms with van der Waals surface area (Å²) in [5, 5.41) is 17.0. The van der Waals surface area contributed by atoms with Crippen LogP contribution in [0.2, 0.25) is 0 Å². The van der Waals surface area contributed by atoms with Gasteiger partial charge in [0.15, 0.2) is 13.2 Å². The Bertz CT molecular complexity index is 1250. The molecular weight excluding hydrogens is 628 g/mol. The number of Topliss-reactive ketones (excluding diaryl/α,β-unsaturated/α-hetero) is 1. The molecule has 4 saturated carbocycles. The van der Waals surface area contributed by atoms with E-state index in [1.54, 1.807) is 6.07 Å². The summed E-state index contributed by atoms with van der Waals surface area (Å²) in [6.45, 7) is 10.3. The average Bonchev–Trinajstić information content (AvgIpc) is 3.41. The van der Waals surface area contributed by atoms with E-state index in [4.69, 9.17) is 9.47 Å². The van der Waals surface area contributed by atoms with E-state index in [0.29, 0.717) is 60.0 Å². The standard InChI is InChI=1S/C42H66N2O6/c1-5-7-9-20-43-38(47)27-49-33-22-29(23-34(26-33)50-28-39(48)44-21-10-8-6-2)12-11-13-30-24-31-25-32(45)16-18-41(31,3)36-17-19-42(4)35(40(30)36)14-15-37(42)46/h22-23,26,30-31,35-37,40,46H,5-21,24-25,27-28H2,1-4H3,(H,43,47)(H,44,48)/t30?,31?,35-,36+,37?,40-,41-,42-/m0/s1. The number of benzene rings is 1. The van der Waals surface area contributed by atoms with E-state index in [1.807, 2.05) is 12.1 Å². The molecule has 50 heavy (non-hydrogen) atoms. The van der Waals surface area contributed by atoms with Crippen LogP contribution in [0.4, 0.5) is 0 Å². The quantitative estimate of drug-likeness (QED) is 0.137. The zero-order chi connectivity index (χ0) is 35.7. The van der Waals surface area contributed by atoms with Crippen molar-refractivity contribution in [1.29, 1.82) is 0 Å². The van der Waals surface area contributed by atoms with Gasteiger partial charge in [0, 0.05) is 32.0 Å². The lowest BCUT2D eigenvalue weighted by molar-refractivity contribution is -0.156. The lowest BCUT2D eigenvalue weighted by Crippen LogP contribution is -2.57. The smallest absolute Gasteiger partial charge is 0.257 e. The Morgan fingerprint density at radius 2 is 1.44 bits per heavy atom. The number of ether oxygens (including phenoxy) is 2. The predicted molar refractivity (Wildman–Crippen MR) is 197 cm³/mol. The van der Waals surface area contributed by atoms with Crippen molar-refractivity contribution >= 4 is 17.6 Å². The number of fused-ring (bicyclic) bond motifs is 5. The van der Waals surface area contributed by atoms with E-state index in [2.05, 4.69) is 38.3 Å². The fourth-order valence-electron chi connectivity index (χ4n) is 10.6. The number of hydrogen-bond acceptors (Lipinski definition) is 6. The number of carbonyl (C=O) groups is 3. The van der Waals surface area contributed by atoms with Gasteiger partial charge in [0.25, 0.3) is 11.8 Å². The summed E-state index contributed by atoms with van der Waals surface area (Å²) < 4.78 is 11.9. The molecule has 8 atom stereocenters. The van der Waals surface area contributed by atoms with Crippen molar-refractivity contribution in [3.05, 3.63) is 23.8 Å². The molecule has 8 nitrogen and oxygen atoms in total. The van der Waals surface area contributed by atoms with Crippen LogP contribution < -0.4 is 20.1 Å². The zero-order valence-corrected chi connectivity index (χ0v) is 31.5. The van der Waals surface area contributed by atoms with Gasteiger partial charge in [0.2, 0.25) is 0 Å². The third kappa shape index (κ3) is 9.24. The maximum absolute atomic E-state index is 12.7. The summed E-state index contributed by atoms with van der Waals surface area (Å²) in [5.74, 6) is 4.08. The highest BCUT2D eigenvalue weighted by atomic mass is 16.5. The van der Waals surface area contributed by atoms with Gasteiger partial charge in [-0.2, -0.15) is 0 Å². The lowest BCUT2D eigenvalue weighted by atomic mass is 9.42. The van der Waals surface area contributed by atoms with Crippen molar-refractivity contribution in [2.75, 3.05) is 26.3 Å². The van der Waals surface area contributed by atoms with Crippen molar-refractivity contribution < 1.29 is 29.0 Å². The monoisotopic (exact) mass is 694 g/mol. The maximum Gasteiger partial charge on any atom is 0.257 e. The molecule has 0 spiro atoms. The number of aliphatic hydroxyl groups excluding tert-OH is 1. The first-order valence-electron chi connectivity index (χ1n) is 20.2. The normalized spacial score (nSPS) is 31.7. The first-order chi connectivity index (χ1) is 24.1. The van der Waals surface area contributed by atoms with Gasteiger partial charge in [-0.25, -0.2) is 0 Å². The van der Waals surface area contributed by atoms with E-state index < -0.39 is 0 Å². The third-order valence-corrected chi connectivity index (χ3v) is 13.5. The minimum Gasteiger partial charge on any atom is -0.484 e. The summed E-state index contributed by atoms with van der Waals surface area (Å²) >= 11 is 0. The van der Waals surface area contributed by atoms with Crippen LogP contribution in [0.1, 0.15) is 136 Å². The van der Waals surface area contributed by atoms with E-state index >= 15 is 0 Å². The number of ketones is 1. The van der Waals surface area contributed by atoms with Gasteiger partial charge in [-0.05, 0) is 129 Å². The molecule has 4 fully saturated rings. The van der Waals surface area contributed by atoms with Gasteiger partial charge < -0.3 is 25.2 Å². The first-order valence-corrected chi connectivity index (χ1v) is 20.2. The van der Waals surface area contributed by atoms with Crippen LogP contribution >= 0.6 is 0 Å². The maximum atomic E-state index is 12.7. The predicted octanol–water partition coefficient (Wildman–Crippen LogP) is 7.58. The average molecular weight is 695 g/mol. The van der Waals surface area contributed by atoms with Crippen LogP contribution in [0.25, 0.3) is 0 Å². The summed E-state index contributed by atoms with van der Waals surface area (Å²) in [4.78, 5) is 37.7. The Hall–Kier alpha value is -2.61. The molecule has 5 rings (SSSR count). The van der Waals surface area contributed by atoms with Gasteiger partial charge in [0.1, 0.15) is 17.3 Å². The van der Waals surface area contributed by atoms with Crippen LogP contribution in [0.3, 0.4) is 0 Å². The number of nitrogens with one attached hydrogen (secondary N) is 2. The Labute approximate surface area is 301 Å². The second kappa shape index (κ2) is 17.7. The molecule has 0 radical (unpaired) electrons. The van der Waals surface area contributed by atoms with Gasteiger partial charge in [0.05, 0.1) is 6.10 Å². The molecule has 8 heteroatoms. The van der Waals surface area contributed by atoms with Crippen LogP contribution in [0.5, 0.6) is 11.5 Å². The number of aryl methyl sites for hydroxylation is 1. The van der Waals surface area contributed by atoms with E-state index in [9.17, 15) is 19.5 Å². The van der Waals surface area contributed by atoms with Crippen molar-refractivity contribution in [3.8, 4) is 11.5 Å². The van der Waals surface area contributed by atoms with Gasteiger partial charge in [-0.1, -0.05) is 53.4 Å². The van der Waals surface area contributed by atoms with Crippen molar-refractivity contribution in [1.82, 2.24) is 10.6 Å². The van der Waals surface area contributed by atoms with Gasteiger partial charge in [-0.15, -0.1) is 0 Å². The first kappa shape index (κ1) is 38.6. The highest BCUT2D eigenvalue weighted by molar-refractivity contribution is 5.80. The minimum absolute atomic E-state index is 0.00952. The molecule has 0 heterocycles. The molecule has 2 amide bonds. The molecule has 0 aliphatic heterocycles. The molecule has 1 aromatic rings. The Balaban J connectivity index is 1.26. The van der Waals surface area contributed by atoms with Gasteiger partial charge >= 0.3 is 0 Å². The van der Waals surface area contributed by atoms with Crippen LogP contribution in [-0.4, -0.2) is 55.1 Å². The minimum atomic E-state index is -0.203. The second-order valence-electron chi connectivity index (χ2n) is 16.8. The van der Waals surface area contributed by atoms with E-state index in [-0.39, 0.29) is 42.0 Å². The van der Waals surface area contributed by atoms with Gasteiger partial charge in [-0.3, -0.25) is 14.4 Å². The van der Waals surface area contributed by atoms with Crippen LogP contribution in [0, 0.1) is 40.4 Å². The fourth-order valence-corrected chi connectivity index (χ4v) is 10.6. The fraction of sp³-hybridized carbons (Fsp3) is 0.786. The molecule has 4 aliphatic carbocycles. The summed E-state index contributed by atoms with van der Waals surface area (Å²) in [6.07, 6.45) is 16.9. The van der Waals surface area contributed by atoms with Crippen molar-refractivity contribution in [2.24, 2.45) is 40.4 Å². The number of rotatable bonds is 18. The molecule has 4 aliphatic rings. The molecule has 280 valence electrons. The third-order valence-electron chi connectivity index (χ3n) is 13.5. The Morgan fingerprint density at radius 1 is 0.820 bits per heavy atom. The Kier molecular flexibility index (Phi) is 13.7. The molecule has 0 bridgehead atoms. The van der Waals surface area contributed by atoms with Crippen molar-refractivity contribution in [3.63, 3.8) is 0 Å². The molecular formula is C42H66N2O6. The van der Waals surface area contributed by atoms with Crippen LogP contribution in [-0.2, 0) is 20.8 Å². The SMILES string of the molecule is CCCCCNC(=O)COc1cc(CCCC2CC3CC(=O)CC[C@]3(C)[C@@H]3CC[C@]4(C)C(O)CC[C@H]4[C@H]23)cc(OCC(=O)NCCCCC)c1. The molecule has 1 aromatic carbocycles. The molecule has 0 saturated heterocycles. The zero-order valence-electron chi connectivity index (χ0n) is 31.5. The number of unbranched alkanes of at least 4 members (excludes halogenated alkanes) is 4. The number of hydrogen-bond donors (Lipinski definition) is 3. The highest BCUT2D eigenvalue weighted by Gasteiger charge is 2.62. The number of carbonyl (C=O) groups excluding carboxylic acids is 3. The second-order valence-corrected chi connectivity index (χ2v) is 16.8. The number of amides is 2. The number of aliphatic hydroxyl groups is 1. The molecule has 3 unspecified atom stereocenters. The topological polar surface area (TPSA) is 114 Å².